The highest BCUT2D eigenvalue weighted by Gasteiger charge is 2.13. The smallest absolute Gasteiger partial charge is 0.133 e. The van der Waals surface area contributed by atoms with E-state index in [1.165, 1.54) is 11.1 Å². The molecule has 0 aliphatic rings. The van der Waals surface area contributed by atoms with Crippen LogP contribution in [-0.4, -0.2) is 7.11 Å². The van der Waals surface area contributed by atoms with Gasteiger partial charge >= 0.3 is 0 Å². The number of aryl methyl sites for hydroxylation is 1. The van der Waals surface area contributed by atoms with Gasteiger partial charge in [-0.05, 0) is 51.2 Å². The molecule has 2 rings (SSSR count). The minimum Gasteiger partial charge on any atom is -0.496 e. The Morgan fingerprint density at radius 2 is 1.95 bits per heavy atom. The lowest BCUT2D eigenvalue weighted by Gasteiger charge is -2.17. The molecular formula is C16H18BrNO. The van der Waals surface area contributed by atoms with E-state index in [9.17, 15) is 0 Å². The Bertz CT molecular complexity index is 568. The van der Waals surface area contributed by atoms with E-state index in [2.05, 4.69) is 41.1 Å². The maximum absolute atomic E-state index is 6.39. The van der Waals surface area contributed by atoms with Gasteiger partial charge in [0.25, 0.3) is 0 Å². The number of hydrogen-bond donors (Lipinski definition) is 1. The average Bonchev–Trinajstić information content (AvgIpc) is 2.46. The third-order valence-electron chi connectivity index (χ3n) is 3.31. The molecule has 2 aromatic rings. The van der Waals surface area contributed by atoms with Crippen LogP contribution in [0.1, 0.15) is 29.7 Å². The topological polar surface area (TPSA) is 35.2 Å². The number of nitrogens with two attached hydrogens (primary N) is 1. The summed E-state index contributed by atoms with van der Waals surface area (Å²) in [5.74, 6) is 0.819. The Kier molecular flexibility index (Phi) is 4.61. The molecule has 0 aromatic heterocycles. The molecule has 0 aliphatic heterocycles. The van der Waals surface area contributed by atoms with Crippen LogP contribution in [0, 0.1) is 0 Å². The molecular weight excluding hydrogens is 302 g/mol. The van der Waals surface area contributed by atoms with Crippen molar-refractivity contribution in [2.24, 2.45) is 5.73 Å². The van der Waals surface area contributed by atoms with Gasteiger partial charge in [0.05, 0.1) is 17.6 Å². The van der Waals surface area contributed by atoms with Gasteiger partial charge < -0.3 is 10.5 Å². The summed E-state index contributed by atoms with van der Waals surface area (Å²) in [7, 11) is 1.66. The molecule has 0 saturated carbocycles. The predicted molar refractivity (Wildman–Crippen MR) is 82.5 cm³/mol. The number of hydrogen-bond acceptors (Lipinski definition) is 2. The highest BCUT2D eigenvalue weighted by Crippen LogP contribution is 2.30. The van der Waals surface area contributed by atoms with Crippen molar-refractivity contribution in [2.75, 3.05) is 7.11 Å². The van der Waals surface area contributed by atoms with Crippen LogP contribution in [0.25, 0.3) is 0 Å². The summed E-state index contributed by atoms with van der Waals surface area (Å²) in [5, 5.41) is 0. The van der Waals surface area contributed by atoms with Gasteiger partial charge in [-0.15, -0.1) is 0 Å². The monoisotopic (exact) mass is 319 g/mol. The second-order valence-corrected chi connectivity index (χ2v) is 5.28. The highest BCUT2D eigenvalue weighted by molar-refractivity contribution is 9.10. The minimum atomic E-state index is -0.113. The van der Waals surface area contributed by atoms with Gasteiger partial charge in [0.15, 0.2) is 0 Å². The fourth-order valence-corrected chi connectivity index (χ4v) is 2.77. The van der Waals surface area contributed by atoms with E-state index < -0.39 is 0 Å². The molecule has 2 nitrogen and oxygen atoms in total. The zero-order valence-electron chi connectivity index (χ0n) is 11.2. The fraction of sp³-hybridized carbons (Fsp3) is 0.250. The van der Waals surface area contributed by atoms with Gasteiger partial charge in [-0.25, -0.2) is 0 Å². The van der Waals surface area contributed by atoms with Crippen molar-refractivity contribution in [2.45, 2.75) is 19.4 Å². The standard InChI is InChI=1S/C16H18BrNO/c1-3-11-6-4-5-7-13(11)16(18)12-8-9-15(19-2)14(17)10-12/h4-10,16H,3,18H2,1-2H3. The molecule has 2 aromatic carbocycles. The first-order valence-electron chi connectivity index (χ1n) is 6.34. The third kappa shape index (κ3) is 2.99. The van der Waals surface area contributed by atoms with Gasteiger partial charge in [0.1, 0.15) is 5.75 Å². The molecule has 100 valence electrons. The largest absolute Gasteiger partial charge is 0.496 e. The summed E-state index contributed by atoms with van der Waals surface area (Å²) in [5.41, 5.74) is 9.94. The zero-order chi connectivity index (χ0) is 13.8. The van der Waals surface area contributed by atoms with Crippen molar-refractivity contribution in [3.63, 3.8) is 0 Å². The van der Waals surface area contributed by atoms with Crippen LogP contribution in [0.2, 0.25) is 0 Å². The van der Waals surface area contributed by atoms with E-state index in [4.69, 9.17) is 10.5 Å². The maximum atomic E-state index is 6.39. The van der Waals surface area contributed by atoms with Crippen LogP contribution in [0.3, 0.4) is 0 Å². The molecule has 1 unspecified atom stereocenters. The first-order valence-corrected chi connectivity index (χ1v) is 7.13. The third-order valence-corrected chi connectivity index (χ3v) is 3.93. The first-order chi connectivity index (χ1) is 9.17. The van der Waals surface area contributed by atoms with E-state index in [1.54, 1.807) is 7.11 Å². The molecule has 0 fully saturated rings. The fourth-order valence-electron chi connectivity index (χ4n) is 2.22. The minimum absolute atomic E-state index is 0.113. The molecule has 0 bridgehead atoms. The van der Waals surface area contributed by atoms with Crippen molar-refractivity contribution < 1.29 is 4.74 Å². The summed E-state index contributed by atoms with van der Waals surface area (Å²) in [6.45, 7) is 2.15. The Morgan fingerprint density at radius 3 is 2.58 bits per heavy atom. The molecule has 0 radical (unpaired) electrons. The molecule has 0 aliphatic carbocycles. The average molecular weight is 320 g/mol. The SMILES string of the molecule is CCc1ccccc1C(N)c1ccc(OC)c(Br)c1. The maximum Gasteiger partial charge on any atom is 0.133 e. The lowest BCUT2D eigenvalue weighted by atomic mass is 9.94. The number of ether oxygens (including phenoxy) is 1. The highest BCUT2D eigenvalue weighted by atomic mass is 79.9. The van der Waals surface area contributed by atoms with Crippen LogP contribution in [0.5, 0.6) is 5.75 Å². The molecule has 0 saturated heterocycles. The Balaban J connectivity index is 2.38. The van der Waals surface area contributed by atoms with E-state index in [0.29, 0.717) is 0 Å². The van der Waals surface area contributed by atoms with E-state index in [1.807, 2.05) is 24.3 Å². The summed E-state index contributed by atoms with van der Waals surface area (Å²) in [6.07, 6.45) is 0.987. The first kappa shape index (κ1) is 14.1. The molecule has 2 N–H and O–H groups in total. The summed E-state index contributed by atoms with van der Waals surface area (Å²) in [4.78, 5) is 0. The van der Waals surface area contributed by atoms with Crippen molar-refractivity contribution in [3.8, 4) is 5.75 Å². The lowest BCUT2D eigenvalue weighted by Crippen LogP contribution is -2.14. The van der Waals surface area contributed by atoms with Crippen LogP contribution in [-0.2, 0) is 6.42 Å². The number of methoxy groups -OCH3 is 1. The summed E-state index contributed by atoms with van der Waals surface area (Å²) >= 11 is 3.50. The molecule has 0 amide bonds. The summed E-state index contributed by atoms with van der Waals surface area (Å²) < 4.78 is 6.17. The second-order valence-electron chi connectivity index (χ2n) is 4.42. The van der Waals surface area contributed by atoms with E-state index in [-0.39, 0.29) is 6.04 Å². The Hall–Kier alpha value is -1.32. The van der Waals surface area contributed by atoms with Gasteiger partial charge in [0.2, 0.25) is 0 Å². The van der Waals surface area contributed by atoms with Crippen LogP contribution in [0.4, 0.5) is 0 Å². The van der Waals surface area contributed by atoms with Gasteiger partial charge in [-0.1, -0.05) is 37.3 Å². The second kappa shape index (κ2) is 6.22. The molecule has 1 atom stereocenters. The zero-order valence-corrected chi connectivity index (χ0v) is 12.8. The molecule has 0 heterocycles. The van der Waals surface area contributed by atoms with E-state index >= 15 is 0 Å². The normalized spacial score (nSPS) is 12.2. The Morgan fingerprint density at radius 1 is 1.21 bits per heavy atom. The van der Waals surface area contributed by atoms with E-state index in [0.717, 1.165) is 22.2 Å². The van der Waals surface area contributed by atoms with Crippen LogP contribution < -0.4 is 10.5 Å². The van der Waals surface area contributed by atoms with Crippen molar-refractivity contribution in [3.05, 3.63) is 63.6 Å². The summed E-state index contributed by atoms with van der Waals surface area (Å²) in [6, 6.07) is 14.2. The van der Waals surface area contributed by atoms with Gasteiger partial charge in [-0.3, -0.25) is 0 Å². The number of rotatable bonds is 4. The predicted octanol–water partition coefficient (Wildman–Crippen LogP) is 4.07. The van der Waals surface area contributed by atoms with Crippen molar-refractivity contribution >= 4 is 15.9 Å². The lowest BCUT2D eigenvalue weighted by molar-refractivity contribution is 0.412. The van der Waals surface area contributed by atoms with Gasteiger partial charge in [-0.2, -0.15) is 0 Å². The molecule has 0 spiro atoms. The van der Waals surface area contributed by atoms with Crippen molar-refractivity contribution in [1.82, 2.24) is 0 Å². The van der Waals surface area contributed by atoms with Crippen molar-refractivity contribution in [1.29, 1.82) is 0 Å². The molecule has 19 heavy (non-hydrogen) atoms. The Labute approximate surface area is 122 Å². The number of halogens is 1. The number of benzene rings is 2. The van der Waals surface area contributed by atoms with Crippen LogP contribution in [0.15, 0.2) is 46.9 Å². The molecule has 3 heteroatoms. The van der Waals surface area contributed by atoms with Crippen LogP contribution >= 0.6 is 15.9 Å². The quantitative estimate of drug-likeness (QED) is 0.922. The van der Waals surface area contributed by atoms with Gasteiger partial charge in [0, 0.05) is 0 Å².